The number of ketones is 2. The van der Waals surface area contributed by atoms with Crippen LogP contribution in [0.3, 0.4) is 0 Å². The van der Waals surface area contributed by atoms with Crippen molar-refractivity contribution in [2.24, 2.45) is 0 Å². The lowest BCUT2D eigenvalue weighted by molar-refractivity contribution is 0.0817. The molecule has 0 fully saturated rings. The minimum atomic E-state index is -0.567. The van der Waals surface area contributed by atoms with Crippen LogP contribution in [-0.2, 0) is 0 Å². The van der Waals surface area contributed by atoms with Gasteiger partial charge in [0.2, 0.25) is 11.6 Å². The quantitative estimate of drug-likeness (QED) is 0.606. The predicted molar refractivity (Wildman–Crippen MR) is 76.9 cm³/mol. The standard InChI is InChI=1S/C13H8BrClO2S/c1-7-5-10(13(15)18-7)12(17)11(16)8-3-2-4-9(14)6-8/h2-6H,1H3. The van der Waals surface area contributed by atoms with E-state index in [1.165, 1.54) is 11.3 Å². The monoisotopic (exact) mass is 342 g/mol. The maximum atomic E-state index is 12.0. The first-order valence-corrected chi connectivity index (χ1v) is 7.08. The highest BCUT2D eigenvalue weighted by molar-refractivity contribution is 9.10. The average Bonchev–Trinajstić information content (AvgIpc) is 2.66. The third kappa shape index (κ3) is 2.71. The van der Waals surface area contributed by atoms with Crippen LogP contribution in [0.15, 0.2) is 34.8 Å². The van der Waals surface area contributed by atoms with E-state index < -0.39 is 11.6 Å². The Morgan fingerprint density at radius 2 is 1.94 bits per heavy atom. The molecule has 0 aliphatic heterocycles. The smallest absolute Gasteiger partial charge is 0.235 e. The minimum absolute atomic E-state index is 0.282. The Labute approximate surface area is 122 Å². The van der Waals surface area contributed by atoms with Crippen LogP contribution in [0.1, 0.15) is 25.6 Å². The molecule has 18 heavy (non-hydrogen) atoms. The maximum Gasteiger partial charge on any atom is 0.235 e. The molecule has 1 aromatic carbocycles. The summed E-state index contributed by atoms with van der Waals surface area (Å²) in [5.41, 5.74) is 0.637. The van der Waals surface area contributed by atoms with Crippen LogP contribution in [0.5, 0.6) is 0 Å². The van der Waals surface area contributed by atoms with Crippen molar-refractivity contribution >= 4 is 50.4 Å². The van der Waals surface area contributed by atoms with Crippen molar-refractivity contribution in [2.75, 3.05) is 0 Å². The Kier molecular flexibility index (Phi) is 4.00. The van der Waals surface area contributed by atoms with Gasteiger partial charge in [0.25, 0.3) is 0 Å². The van der Waals surface area contributed by atoms with Crippen molar-refractivity contribution < 1.29 is 9.59 Å². The molecular formula is C13H8BrClO2S. The lowest BCUT2D eigenvalue weighted by Crippen LogP contribution is -2.14. The van der Waals surface area contributed by atoms with Crippen molar-refractivity contribution in [3.05, 3.63) is 55.1 Å². The first kappa shape index (κ1) is 13.5. The van der Waals surface area contributed by atoms with E-state index in [4.69, 9.17) is 11.6 Å². The summed E-state index contributed by atoms with van der Waals surface area (Å²) >= 11 is 10.5. The number of halogens is 2. The molecule has 0 N–H and O–H groups in total. The second-order valence-electron chi connectivity index (χ2n) is 3.71. The largest absolute Gasteiger partial charge is 0.285 e. The highest BCUT2D eigenvalue weighted by Gasteiger charge is 2.22. The normalized spacial score (nSPS) is 10.4. The first-order valence-electron chi connectivity index (χ1n) is 5.09. The van der Waals surface area contributed by atoms with E-state index in [1.54, 1.807) is 30.3 Å². The van der Waals surface area contributed by atoms with Crippen LogP contribution in [-0.4, -0.2) is 11.6 Å². The molecule has 2 rings (SSSR count). The van der Waals surface area contributed by atoms with Crippen molar-refractivity contribution in [1.29, 1.82) is 0 Å². The SMILES string of the molecule is Cc1cc(C(=O)C(=O)c2cccc(Br)c2)c(Cl)s1. The third-order valence-electron chi connectivity index (χ3n) is 2.35. The van der Waals surface area contributed by atoms with Crippen LogP contribution in [0.4, 0.5) is 0 Å². The number of Topliss-reactive ketones (excluding diaryl/α,β-unsaturated/α-hetero) is 2. The van der Waals surface area contributed by atoms with E-state index in [1.807, 2.05) is 6.92 Å². The average molecular weight is 344 g/mol. The fourth-order valence-corrected chi connectivity index (χ4v) is 3.15. The topological polar surface area (TPSA) is 34.1 Å². The molecule has 0 spiro atoms. The summed E-state index contributed by atoms with van der Waals surface area (Å²) in [7, 11) is 0. The molecule has 0 aliphatic carbocycles. The van der Waals surface area contributed by atoms with Gasteiger partial charge in [-0.15, -0.1) is 11.3 Å². The zero-order chi connectivity index (χ0) is 13.3. The van der Waals surface area contributed by atoms with Gasteiger partial charge in [-0.1, -0.05) is 39.7 Å². The summed E-state index contributed by atoms with van der Waals surface area (Å²) in [6.07, 6.45) is 0. The Morgan fingerprint density at radius 1 is 1.22 bits per heavy atom. The van der Waals surface area contributed by atoms with E-state index in [9.17, 15) is 9.59 Å². The second-order valence-corrected chi connectivity index (χ2v) is 6.49. The van der Waals surface area contributed by atoms with Gasteiger partial charge >= 0.3 is 0 Å². The Balaban J connectivity index is 2.35. The lowest BCUT2D eigenvalue weighted by Gasteiger charge is -2.00. The summed E-state index contributed by atoms with van der Waals surface area (Å²) in [6.45, 7) is 1.84. The van der Waals surface area contributed by atoms with Crippen LogP contribution in [0.2, 0.25) is 4.34 Å². The molecule has 0 saturated heterocycles. The molecule has 0 unspecified atom stereocenters. The van der Waals surface area contributed by atoms with E-state index in [2.05, 4.69) is 15.9 Å². The molecule has 0 amide bonds. The van der Waals surface area contributed by atoms with Gasteiger partial charge in [0.05, 0.1) is 5.56 Å². The summed E-state index contributed by atoms with van der Waals surface area (Å²) in [4.78, 5) is 25.0. The summed E-state index contributed by atoms with van der Waals surface area (Å²) < 4.78 is 1.12. The maximum absolute atomic E-state index is 12.0. The molecule has 0 radical (unpaired) electrons. The molecule has 0 bridgehead atoms. The zero-order valence-electron chi connectivity index (χ0n) is 9.37. The summed E-state index contributed by atoms with van der Waals surface area (Å²) in [6, 6.07) is 8.38. The van der Waals surface area contributed by atoms with Gasteiger partial charge in [0.1, 0.15) is 4.34 Å². The van der Waals surface area contributed by atoms with Gasteiger partial charge in [-0.05, 0) is 25.1 Å². The van der Waals surface area contributed by atoms with Gasteiger partial charge in [0.15, 0.2) is 0 Å². The number of rotatable bonds is 3. The fourth-order valence-electron chi connectivity index (χ4n) is 1.52. The Bertz CT molecular complexity index is 634. The molecule has 2 aromatic rings. The van der Waals surface area contributed by atoms with Gasteiger partial charge in [0, 0.05) is 14.9 Å². The van der Waals surface area contributed by atoms with E-state index in [-0.39, 0.29) is 5.56 Å². The highest BCUT2D eigenvalue weighted by atomic mass is 79.9. The van der Waals surface area contributed by atoms with Crippen molar-refractivity contribution in [2.45, 2.75) is 6.92 Å². The van der Waals surface area contributed by atoms with Crippen molar-refractivity contribution in [1.82, 2.24) is 0 Å². The third-order valence-corrected chi connectivity index (χ3v) is 4.11. The number of carbonyl (C=O) groups is 2. The minimum Gasteiger partial charge on any atom is -0.285 e. The highest BCUT2D eigenvalue weighted by Crippen LogP contribution is 2.28. The number of thiophene rings is 1. The van der Waals surface area contributed by atoms with Gasteiger partial charge in [-0.25, -0.2) is 0 Å². The van der Waals surface area contributed by atoms with Crippen LogP contribution >= 0.6 is 38.9 Å². The lowest BCUT2D eigenvalue weighted by atomic mass is 10.0. The van der Waals surface area contributed by atoms with Gasteiger partial charge in [-0.2, -0.15) is 0 Å². The number of carbonyl (C=O) groups excluding carboxylic acids is 2. The molecular weight excluding hydrogens is 336 g/mol. The first-order chi connectivity index (χ1) is 8.49. The van der Waals surface area contributed by atoms with Crippen LogP contribution in [0, 0.1) is 6.92 Å². The molecule has 5 heteroatoms. The molecule has 0 atom stereocenters. The number of benzene rings is 1. The van der Waals surface area contributed by atoms with Crippen LogP contribution < -0.4 is 0 Å². The molecule has 2 nitrogen and oxygen atoms in total. The molecule has 0 saturated carbocycles. The molecule has 1 heterocycles. The van der Waals surface area contributed by atoms with Gasteiger partial charge < -0.3 is 0 Å². The molecule has 1 aromatic heterocycles. The molecule has 92 valence electrons. The summed E-state index contributed by atoms with van der Waals surface area (Å²) in [5, 5.41) is 0. The number of hydrogen-bond donors (Lipinski definition) is 0. The van der Waals surface area contributed by atoms with Gasteiger partial charge in [-0.3, -0.25) is 9.59 Å². The zero-order valence-corrected chi connectivity index (χ0v) is 12.5. The van der Waals surface area contributed by atoms with Crippen molar-refractivity contribution in [3.63, 3.8) is 0 Å². The second kappa shape index (κ2) is 5.34. The van der Waals surface area contributed by atoms with E-state index in [0.717, 1.165) is 9.35 Å². The fraction of sp³-hybridized carbons (Fsp3) is 0.0769. The Morgan fingerprint density at radius 3 is 2.50 bits per heavy atom. The van der Waals surface area contributed by atoms with E-state index >= 15 is 0 Å². The predicted octanol–water partition coefficient (Wildman–Crippen LogP) is 4.54. The number of hydrogen-bond acceptors (Lipinski definition) is 3. The Hall–Kier alpha value is -0.970. The van der Waals surface area contributed by atoms with E-state index in [0.29, 0.717) is 9.90 Å². The molecule has 0 aliphatic rings. The van der Waals surface area contributed by atoms with Crippen LogP contribution in [0.25, 0.3) is 0 Å². The van der Waals surface area contributed by atoms with Crippen molar-refractivity contribution in [3.8, 4) is 0 Å². The number of aryl methyl sites for hydroxylation is 1. The summed E-state index contributed by atoms with van der Waals surface area (Å²) in [5.74, 6) is -1.11.